The number of hydrogen-bond acceptors (Lipinski definition) is 2. The third-order valence-corrected chi connectivity index (χ3v) is 10.1. The van der Waals surface area contributed by atoms with Crippen molar-refractivity contribution in [3.8, 4) is 0 Å². The standard InChI is InChI=1S/C24H46O2.I2/c1-13-15(2)17(4)18(5)19(6)24(12)20(26)21(7,8)22(9,10)23(24,11)14-16(3)25;1-2/h15,17-20,26H,13-14H2,1-12H3;. The normalized spacial score (nSPS) is 35.3. The third-order valence-electron chi connectivity index (χ3n) is 10.1. The predicted octanol–water partition coefficient (Wildman–Crippen LogP) is 8.13. The van der Waals surface area contributed by atoms with Gasteiger partial charge in [0.1, 0.15) is 5.78 Å². The second-order valence-electron chi connectivity index (χ2n) is 11.1. The summed E-state index contributed by atoms with van der Waals surface area (Å²) in [5, 5.41) is 11.6. The van der Waals surface area contributed by atoms with E-state index in [1.807, 2.05) is 0 Å². The van der Waals surface area contributed by atoms with E-state index in [2.05, 4.69) is 113 Å². The lowest BCUT2D eigenvalue weighted by Crippen LogP contribution is -2.51. The molecule has 4 heteroatoms. The van der Waals surface area contributed by atoms with E-state index >= 15 is 0 Å². The highest BCUT2D eigenvalue weighted by Crippen LogP contribution is 2.74. The molecule has 0 heterocycles. The Morgan fingerprint density at radius 2 is 1.39 bits per heavy atom. The van der Waals surface area contributed by atoms with Crippen LogP contribution in [0, 0.1) is 45.3 Å². The van der Waals surface area contributed by atoms with E-state index < -0.39 is 6.10 Å². The molecule has 0 radical (unpaired) electrons. The average molecular weight is 620 g/mol. The van der Waals surface area contributed by atoms with Crippen LogP contribution < -0.4 is 0 Å². The van der Waals surface area contributed by atoms with E-state index in [1.165, 1.54) is 6.42 Å². The molecule has 7 unspecified atom stereocenters. The monoisotopic (exact) mass is 620 g/mol. The molecule has 0 aromatic carbocycles. The van der Waals surface area contributed by atoms with Crippen LogP contribution in [0.2, 0.25) is 0 Å². The Bertz CT molecular complexity index is 531. The van der Waals surface area contributed by atoms with Crippen molar-refractivity contribution in [3.63, 3.8) is 0 Å². The van der Waals surface area contributed by atoms with Gasteiger partial charge in [0.05, 0.1) is 6.10 Å². The lowest BCUT2D eigenvalue weighted by atomic mass is 9.50. The van der Waals surface area contributed by atoms with Crippen molar-refractivity contribution in [1.29, 1.82) is 0 Å². The van der Waals surface area contributed by atoms with Gasteiger partial charge in [0, 0.05) is 49.1 Å². The molecule has 7 atom stereocenters. The maximum absolute atomic E-state index is 12.3. The Balaban J connectivity index is 0.00000352. The van der Waals surface area contributed by atoms with Crippen LogP contribution in [0.4, 0.5) is 0 Å². The van der Waals surface area contributed by atoms with E-state index in [4.69, 9.17) is 0 Å². The van der Waals surface area contributed by atoms with Crippen LogP contribution >= 0.6 is 37.2 Å². The minimum Gasteiger partial charge on any atom is -0.392 e. The first-order valence-electron chi connectivity index (χ1n) is 10.9. The smallest absolute Gasteiger partial charge is 0.130 e. The number of aliphatic hydroxyl groups is 1. The SMILES string of the molecule is CCC(C)C(C)C(C)C(C)C1(C)C(O)C(C)(C)C(C)(C)C1(C)CC(C)=O.II. The summed E-state index contributed by atoms with van der Waals surface area (Å²) >= 11 is 4.24. The molecule has 1 fully saturated rings. The molecule has 1 aliphatic rings. The van der Waals surface area contributed by atoms with Gasteiger partial charge in [0.2, 0.25) is 0 Å². The molecule has 0 aliphatic heterocycles. The van der Waals surface area contributed by atoms with Crippen molar-refractivity contribution >= 4 is 43.0 Å². The fourth-order valence-corrected chi connectivity index (χ4v) is 6.33. The largest absolute Gasteiger partial charge is 0.392 e. The van der Waals surface area contributed by atoms with Gasteiger partial charge in [-0.05, 0) is 46.8 Å². The maximum atomic E-state index is 12.3. The molecule has 0 spiro atoms. The number of halogens is 2. The van der Waals surface area contributed by atoms with Crippen molar-refractivity contribution < 1.29 is 9.90 Å². The summed E-state index contributed by atoms with van der Waals surface area (Å²) in [7, 11) is 0. The number of rotatable bonds is 7. The van der Waals surface area contributed by atoms with E-state index in [0.717, 1.165) is 0 Å². The number of carbonyl (C=O) groups is 1. The molecule has 0 amide bonds. The molecule has 1 aliphatic carbocycles. The number of carbonyl (C=O) groups excluding carboxylic acids is 1. The zero-order valence-corrected chi connectivity index (χ0v) is 24.7. The molecule has 28 heavy (non-hydrogen) atoms. The van der Waals surface area contributed by atoms with Gasteiger partial charge in [0.25, 0.3) is 0 Å². The molecule has 1 rings (SSSR count). The summed E-state index contributed by atoms with van der Waals surface area (Å²) < 4.78 is 0. The molecular formula is C24H46I2O2. The first-order chi connectivity index (χ1) is 12.5. The molecule has 0 bridgehead atoms. The molecule has 0 aromatic heterocycles. The van der Waals surface area contributed by atoms with E-state index in [1.54, 1.807) is 6.92 Å². The molecule has 0 saturated heterocycles. The molecule has 2 nitrogen and oxygen atoms in total. The first kappa shape index (κ1) is 29.1. The lowest BCUT2D eigenvalue weighted by molar-refractivity contribution is -0.131. The summed E-state index contributed by atoms with van der Waals surface area (Å²) in [5.74, 6) is 2.29. The minimum atomic E-state index is -0.434. The van der Waals surface area contributed by atoms with Crippen LogP contribution in [0.25, 0.3) is 0 Å². The van der Waals surface area contributed by atoms with Gasteiger partial charge in [0.15, 0.2) is 0 Å². The van der Waals surface area contributed by atoms with Gasteiger partial charge in [-0.1, -0.05) is 82.6 Å². The topological polar surface area (TPSA) is 37.3 Å². The quantitative estimate of drug-likeness (QED) is 0.292. The summed E-state index contributed by atoms with van der Waals surface area (Å²) in [6.45, 7) is 26.8. The van der Waals surface area contributed by atoms with Crippen LogP contribution in [0.15, 0.2) is 0 Å². The number of ketones is 1. The van der Waals surface area contributed by atoms with Crippen LogP contribution in [-0.2, 0) is 4.79 Å². The maximum Gasteiger partial charge on any atom is 0.130 e. The second-order valence-corrected chi connectivity index (χ2v) is 11.1. The van der Waals surface area contributed by atoms with Crippen molar-refractivity contribution in [3.05, 3.63) is 0 Å². The van der Waals surface area contributed by atoms with Gasteiger partial charge in [-0.25, -0.2) is 0 Å². The lowest BCUT2D eigenvalue weighted by Gasteiger charge is -2.54. The fraction of sp³-hybridized carbons (Fsp3) is 0.958. The summed E-state index contributed by atoms with van der Waals surface area (Å²) in [4.78, 5) is 12.3. The summed E-state index contributed by atoms with van der Waals surface area (Å²) in [6.07, 6.45) is 1.28. The Morgan fingerprint density at radius 1 is 0.964 bits per heavy atom. The van der Waals surface area contributed by atoms with Crippen molar-refractivity contribution in [2.24, 2.45) is 45.3 Å². The van der Waals surface area contributed by atoms with E-state index in [0.29, 0.717) is 30.1 Å². The van der Waals surface area contributed by atoms with Crippen LogP contribution in [-0.4, -0.2) is 17.0 Å². The zero-order chi connectivity index (χ0) is 22.9. The Hall–Kier alpha value is 1.09. The average Bonchev–Trinajstić information content (AvgIpc) is 2.70. The summed E-state index contributed by atoms with van der Waals surface area (Å²) in [5.41, 5.74) is -0.961. The van der Waals surface area contributed by atoms with Gasteiger partial charge >= 0.3 is 0 Å². The number of Topliss-reactive ketones (excluding diaryl/α,β-unsaturated/α-hetero) is 1. The van der Waals surface area contributed by atoms with Crippen LogP contribution in [0.1, 0.15) is 95.9 Å². The Labute approximate surface area is 199 Å². The van der Waals surface area contributed by atoms with Crippen molar-refractivity contribution in [2.45, 2.75) is 102 Å². The second kappa shape index (κ2) is 10.1. The third kappa shape index (κ3) is 4.35. The van der Waals surface area contributed by atoms with E-state index in [9.17, 15) is 9.90 Å². The molecule has 0 aromatic rings. The van der Waals surface area contributed by atoms with Gasteiger partial charge in [-0.15, -0.1) is 0 Å². The predicted molar refractivity (Wildman–Crippen MR) is 140 cm³/mol. The molecule has 1 saturated carbocycles. The Morgan fingerprint density at radius 3 is 1.75 bits per heavy atom. The number of hydrogen-bond donors (Lipinski definition) is 1. The van der Waals surface area contributed by atoms with Gasteiger partial charge < -0.3 is 9.90 Å². The van der Waals surface area contributed by atoms with Crippen LogP contribution in [0.3, 0.4) is 0 Å². The number of aliphatic hydroxyl groups excluding tert-OH is 1. The highest BCUT2D eigenvalue weighted by Gasteiger charge is 2.73. The fourth-order valence-electron chi connectivity index (χ4n) is 6.33. The molecule has 168 valence electrons. The van der Waals surface area contributed by atoms with Gasteiger partial charge in [-0.2, -0.15) is 0 Å². The first-order valence-corrected chi connectivity index (χ1v) is 17.1. The van der Waals surface area contributed by atoms with E-state index in [-0.39, 0.29) is 27.4 Å². The Kier molecular flexibility index (Phi) is 10.5. The molecular weight excluding hydrogens is 574 g/mol. The minimum absolute atomic E-state index is 0.145. The van der Waals surface area contributed by atoms with Gasteiger partial charge in [-0.3, -0.25) is 0 Å². The van der Waals surface area contributed by atoms with Crippen molar-refractivity contribution in [1.82, 2.24) is 0 Å². The summed E-state index contributed by atoms with van der Waals surface area (Å²) in [6, 6.07) is 0. The zero-order valence-electron chi connectivity index (χ0n) is 20.4. The highest BCUT2D eigenvalue weighted by atomic mass is 128. The highest BCUT2D eigenvalue weighted by molar-refractivity contribution is 15.0. The molecule has 1 N–H and O–H groups in total. The van der Waals surface area contributed by atoms with Crippen molar-refractivity contribution in [2.75, 3.05) is 0 Å². The van der Waals surface area contributed by atoms with Crippen LogP contribution in [0.5, 0.6) is 0 Å².